The Bertz CT molecular complexity index is 1230. The fourth-order valence-corrected chi connectivity index (χ4v) is 6.88. The summed E-state index contributed by atoms with van der Waals surface area (Å²) in [6.45, 7) is 4.64. The van der Waals surface area contributed by atoms with E-state index in [1.165, 1.54) is 64.2 Å². The summed E-state index contributed by atoms with van der Waals surface area (Å²) in [6.07, 6.45) is 56.5. The van der Waals surface area contributed by atoms with Gasteiger partial charge in [-0.05, 0) is 77.0 Å². The first kappa shape index (κ1) is 56.7. The van der Waals surface area contributed by atoms with Gasteiger partial charge in [-0.2, -0.15) is 0 Å². The smallest absolute Gasteiger partial charge is 0.387 e. The van der Waals surface area contributed by atoms with Crippen LogP contribution in [0.5, 0.6) is 0 Å². The summed E-state index contributed by atoms with van der Waals surface area (Å²) < 4.78 is 23.6. The number of nitrogens with zero attached hydrogens (tertiary/aromatic N) is 1. The molecule has 0 radical (unpaired) electrons. The van der Waals surface area contributed by atoms with Gasteiger partial charge in [0, 0.05) is 6.42 Å². The normalized spacial score (nSPS) is 15.0. The third-order valence-corrected chi connectivity index (χ3v) is 10.8. The van der Waals surface area contributed by atoms with Gasteiger partial charge in [0.2, 0.25) is 5.91 Å². The third kappa shape index (κ3) is 43.6. The number of carbonyl (C=O) groups excluding carboxylic acids is 1. The van der Waals surface area contributed by atoms with Crippen LogP contribution in [0.25, 0.3) is 0 Å². The molecule has 0 heterocycles. The zero-order valence-corrected chi connectivity index (χ0v) is 39.4. The summed E-state index contributed by atoms with van der Waals surface area (Å²) in [5.41, 5.74) is 0. The number of unbranched alkanes of at least 4 members (excludes halogenated alkanes) is 16. The summed E-state index contributed by atoms with van der Waals surface area (Å²) in [5.74, 6) is -0.210. The second kappa shape index (κ2) is 41.1. The van der Waals surface area contributed by atoms with E-state index in [1.54, 1.807) is 6.08 Å². The van der Waals surface area contributed by atoms with E-state index >= 15 is 0 Å². The Hall–Kier alpha value is -2.32. The minimum Gasteiger partial charge on any atom is -0.387 e. The number of hydrogen-bond acceptors (Lipinski definition) is 5. The van der Waals surface area contributed by atoms with Crippen LogP contribution in [0.2, 0.25) is 0 Å². The van der Waals surface area contributed by atoms with Crippen LogP contribution < -0.4 is 5.32 Å². The Balaban J connectivity index is 4.49. The number of nitrogens with one attached hydrogen (secondary N) is 1. The van der Waals surface area contributed by atoms with Crippen LogP contribution in [-0.4, -0.2) is 73.4 Å². The van der Waals surface area contributed by atoms with Crippen LogP contribution in [0.4, 0.5) is 0 Å². The zero-order valence-electron chi connectivity index (χ0n) is 38.5. The van der Waals surface area contributed by atoms with E-state index in [0.717, 1.165) is 89.9 Å². The maximum absolute atomic E-state index is 12.9. The Morgan fingerprint density at radius 3 is 1.56 bits per heavy atom. The number of carbonyl (C=O) groups is 1. The van der Waals surface area contributed by atoms with Gasteiger partial charge in [0.15, 0.2) is 0 Å². The van der Waals surface area contributed by atoms with E-state index in [2.05, 4.69) is 92.1 Å². The van der Waals surface area contributed by atoms with Crippen molar-refractivity contribution in [1.29, 1.82) is 0 Å². The molecular weight excluding hydrogens is 756 g/mol. The topological polar surface area (TPSA) is 105 Å². The summed E-state index contributed by atoms with van der Waals surface area (Å²) in [5, 5.41) is 13.8. The van der Waals surface area contributed by atoms with Crippen molar-refractivity contribution in [2.24, 2.45) is 0 Å². The van der Waals surface area contributed by atoms with E-state index in [4.69, 9.17) is 9.05 Å². The highest BCUT2D eigenvalue weighted by Gasteiger charge is 2.27. The number of quaternary nitrogens is 1. The van der Waals surface area contributed by atoms with Gasteiger partial charge < -0.3 is 19.8 Å². The van der Waals surface area contributed by atoms with Gasteiger partial charge in [0.05, 0.1) is 39.9 Å². The van der Waals surface area contributed by atoms with Gasteiger partial charge in [0.1, 0.15) is 13.2 Å². The molecule has 0 bridgehead atoms. The Labute approximate surface area is 363 Å². The maximum atomic E-state index is 12.9. The molecule has 0 aromatic heterocycles. The van der Waals surface area contributed by atoms with Crippen LogP contribution in [0.1, 0.15) is 174 Å². The lowest BCUT2D eigenvalue weighted by molar-refractivity contribution is -0.870. The van der Waals surface area contributed by atoms with Gasteiger partial charge in [-0.3, -0.25) is 13.8 Å². The average Bonchev–Trinajstić information content (AvgIpc) is 3.19. The number of likely N-dealkylation sites (N-methyl/N-ethyl adjacent to an activating group) is 1. The number of allylic oxidation sites excluding steroid dienone is 13. The predicted octanol–water partition coefficient (Wildman–Crippen LogP) is 13.4. The molecule has 0 aromatic carbocycles. The molecule has 0 saturated heterocycles. The van der Waals surface area contributed by atoms with E-state index in [-0.39, 0.29) is 19.1 Å². The molecule has 3 atom stereocenters. The molecule has 0 aliphatic rings. The van der Waals surface area contributed by atoms with Crippen molar-refractivity contribution in [3.63, 3.8) is 0 Å². The fraction of sp³-hybridized carbons (Fsp3) is 0.700. The highest BCUT2D eigenvalue weighted by molar-refractivity contribution is 7.47. The van der Waals surface area contributed by atoms with Crippen molar-refractivity contribution >= 4 is 13.7 Å². The number of aliphatic hydroxyl groups is 1. The van der Waals surface area contributed by atoms with Gasteiger partial charge >= 0.3 is 7.82 Å². The first-order chi connectivity index (χ1) is 28.5. The lowest BCUT2D eigenvalue weighted by Crippen LogP contribution is -2.45. The lowest BCUT2D eigenvalue weighted by atomic mass is 10.1. The number of aliphatic hydroxyl groups excluding tert-OH is 1. The molecule has 0 rings (SSSR count). The fourth-order valence-electron chi connectivity index (χ4n) is 6.14. The summed E-state index contributed by atoms with van der Waals surface area (Å²) in [7, 11) is 1.53. The first-order valence-corrected chi connectivity index (χ1v) is 25.0. The standard InChI is InChI=1S/C50H89N2O6P/c1-6-8-10-12-14-16-18-20-22-24-25-26-27-28-30-32-34-36-38-40-42-44-50(54)51-48(47-58-59(55,56)57-46-45-52(3,4)5)49(53)43-41-39-37-35-33-31-29-23-21-19-17-15-13-11-9-7-2/h8,10,14,16,20,22,25-26,28,30,33,35,41,43,48-49,53H,6-7,9,11-13,15,17-19,21,23-24,27,29,31-32,34,36-40,42,44-47H2,1-5H3,(H-,51,54,55,56)/p+1/b10-8-,16-14-,22-20-,26-25-,30-28-,35-33+,43-41+. The highest BCUT2D eigenvalue weighted by Crippen LogP contribution is 2.43. The van der Waals surface area contributed by atoms with Crippen LogP contribution in [0.3, 0.4) is 0 Å². The summed E-state index contributed by atoms with van der Waals surface area (Å²) >= 11 is 0. The molecule has 0 fully saturated rings. The first-order valence-electron chi connectivity index (χ1n) is 23.5. The Morgan fingerprint density at radius 1 is 0.593 bits per heavy atom. The Kier molecular flexibility index (Phi) is 39.4. The van der Waals surface area contributed by atoms with Crippen molar-refractivity contribution < 1.29 is 32.9 Å². The zero-order chi connectivity index (χ0) is 43.6. The van der Waals surface area contributed by atoms with Gasteiger partial charge in [0.25, 0.3) is 0 Å². The second-order valence-electron chi connectivity index (χ2n) is 16.7. The number of phosphoric ester groups is 1. The quantitative estimate of drug-likeness (QED) is 0.0245. The monoisotopic (exact) mass is 846 g/mol. The largest absolute Gasteiger partial charge is 0.472 e. The predicted molar refractivity (Wildman–Crippen MR) is 253 cm³/mol. The van der Waals surface area contributed by atoms with E-state index in [1.807, 2.05) is 27.2 Å². The molecule has 3 unspecified atom stereocenters. The number of amides is 1. The van der Waals surface area contributed by atoms with Crippen LogP contribution in [0, 0.1) is 0 Å². The minimum atomic E-state index is -4.36. The van der Waals surface area contributed by atoms with Crippen LogP contribution in [0.15, 0.2) is 85.1 Å². The highest BCUT2D eigenvalue weighted by atomic mass is 31.2. The van der Waals surface area contributed by atoms with Crippen molar-refractivity contribution in [2.75, 3.05) is 40.9 Å². The lowest BCUT2D eigenvalue weighted by Gasteiger charge is -2.25. The molecular formula is C50H90N2O6P+. The summed E-state index contributed by atoms with van der Waals surface area (Å²) in [6, 6.07) is -0.878. The molecule has 9 heteroatoms. The maximum Gasteiger partial charge on any atom is 0.472 e. The molecule has 0 aliphatic heterocycles. The van der Waals surface area contributed by atoms with Gasteiger partial charge in [-0.25, -0.2) is 4.57 Å². The van der Waals surface area contributed by atoms with E-state index < -0.39 is 20.0 Å². The molecule has 0 saturated carbocycles. The number of hydrogen-bond donors (Lipinski definition) is 3. The minimum absolute atomic E-state index is 0.0474. The second-order valence-corrected chi connectivity index (χ2v) is 18.2. The molecule has 8 nitrogen and oxygen atoms in total. The molecule has 3 N–H and O–H groups in total. The third-order valence-electron chi connectivity index (χ3n) is 9.85. The number of phosphoric acid groups is 1. The van der Waals surface area contributed by atoms with Crippen molar-refractivity contribution in [2.45, 2.75) is 187 Å². The average molecular weight is 846 g/mol. The van der Waals surface area contributed by atoms with Gasteiger partial charge in [-0.1, -0.05) is 176 Å². The Morgan fingerprint density at radius 2 is 1.03 bits per heavy atom. The van der Waals surface area contributed by atoms with Crippen molar-refractivity contribution in [1.82, 2.24) is 5.32 Å². The van der Waals surface area contributed by atoms with Crippen LogP contribution >= 0.6 is 7.82 Å². The summed E-state index contributed by atoms with van der Waals surface area (Å²) in [4.78, 5) is 23.2. The molecule has 0 aliphatic carbocycles. The van der Waals surface area contributed by atoms with E-state index in [0.29, 0.717) is 17.4 Å². The molecule has 340 valence electrons. The van der Waals surface area contributed by atoms with Crippen molar-refractivity contribution in [3.8, 4) is 0 Å². The van der Waals surface area contributed by atoms with E-state index in [9.17, 15) is 19.4 Å². The van der Waals surface area contributed by atoms with Crippen LogP contribution in [-0.2, 0) is 18.4 Å². The van der Waals surface area contributed by atoms with Crippen molar-refractivity contribution in [3.05, 3.63) is 85.1 Å². The SMILES string of the molecule is CC/C=C\C/C=C\C/C=C\C/C=C\C/C=C\CCCCCCCC(=O)NC(COP(=O)(O)OCC[N+](C)(C)C)C(O)/C=C/CC/C=C/CCCCCCCCCCCC. The number of rotatable bonds is 41. The molecule has 0 spiro atoms. The molecule has 0 aromatic rings. The molecule has 59 heavy (non-hydrogen) atoms. The molecule has 1 amide bonds. The van der Waals surface area contributed by atoms with Gasteiger partial charge in [-0.15, -0.1) is 0 Å².